The Morgan fingerprint density at radius 1 is 1.05 bits per heavy atom. The smallest absolute Gasteiger partial charge is 0.0364 e. The third-order valence-electron chi connectivity index (χ3n) is 3.76. The standard InChI is InChI=1S/C19H26N2/c1-5-20-19(13-16-9-6-8-15(2)12-16)17-10-7-11-18(14-17)21(3)4/h6-12,14,19-20H,5,13H2,1-4H3. The summed E-state index contributed by atoms with van der Waals surface area (Å²) in [7, 11) is 4.17. The number of likely N-dealkylation sites (N-methyl/N-ethyl adjacent to an activating group) is 1. The number of hydrogen-bond donors (Lipinski definition) is 1. The molecule has 2 rings (SSSR count). The first-order chi connectivity index (χ1) is 10.1. The van der Waals surface area contributed by atoms with Crippen LogP contribution in [-0.4, -0.2) is 20.6 Å². The number of hydrogen-bond acceptors (Lipinski definition) is 2. The van der Waals surface area contributed by atoms with E-state index in [9.17, 15) is 0 Å². The summed E-state index contributed by atoms with van der Waals surface area (Å²) in [6.07, 6.45) is 1.02. The van der Waals surface area contributed by atoms with Gasteiger partial charge < -0.3 is 10.2 Å². The Balaban J connectivity index is 2.24. The first-order valence-corrected chi connectivity index (χ1v) is 7.66. The van der Waals surface area contributed by atoms with Crippen LogP contribution < -0.4 is 10.2 Å². The molecule has 0 aliphatic carbocycles. The molecule has 0 spiro atoms. The van der Waals surface area contributed by atoms with Gasteiger partial charge in [-0.1, -0.05) is 48.9 Å². The maximum absolute atomic E-state index is 3.61. The van der Waals surface area contributed by atoms with Gasteiger partial charge in [0.1, 0.15) is 0 Å². The molecule has 21 heavy (non-hydrogen) atoms. The van der Waals surface area contributed by atoms with Crippen molar-refractivity contribution in [2.45, 2.75) is 26.3 Å². The molecule has 1 unspecified atom stereocenters. The molecule has 0 saturated heterocycles. The lowest BCUT2D eigenvalue weighted by Gasteiger charge is -2.21. The van der Waals surface area contributed by atoms with Crippen molar-refractivity contribution in [2.75, 3.05) is 25.5 Å². The van der Waals surface area contributed by atoms with Crippen LogP contribution in [-0.2, 0) is 6.42 Å². The van der Waals surface area contributed by atoms with Crippen molar-refractivity contribution in [3.05, 3.63) is 65.2 Å². The zero-order valence-electron chi connectivity index (χ0n) is 13.6. The largest absolute Gasteiger partial charge is 0.378 e. The summed E-state index contributed by atoms with van der Waals surface area (Å²) in [5.74, 6) is 0. The minimum absolute atomic E-state index is 0.358. The number of anilines is 1. The second-order valence-corrected chi connectivity index (χ2v) is 5.79. The summed E-state index contributed by atoms with van der Waals surface area (Å²) in [5, 5.41) is 3.61. The van der Waals surface area contributed by atoms with Crippen LogP contribution in [0.2, 0.25) is 0 Å². The van der Waals surface area contributed by atoms with Gasteiger partial charge >= 0.3 is 0 Å². The van der Waals surface area contributed by atoms with Crippen LogP contribution >= 0.6 is 0 Å². The molecule has 0 radical (unpaired) electrons. The number of aryl methyl sites for hydroxylation is 1. The summed E-state index contributed by atoms with van der Waals surface area (Å²) in [6, 6.07) is 17.9. The van der Waals surface area contributed by atoms with Gasteiger partial charge in [-0.05, 0) is 43.1 Å². The molecular formula is C19H26N2. The number of nitrogens with one attached hydrogen (secondary N) is 1. The molecular weight excluding hydrogens is 256 g/mol. The third kappa shape index (κ3) is 4.33. The van der Waals surface area contributed by atoms with Gasteiger partial charge in [-0.2, -0.15) is 0 Å². The number of rotatable bonds is 6. The molecule has 0 aromatic heterocycles. The summed E-state index contributed by atoms with van der Waals surface area (Å²) < 4.78 is 0. The number of benzene rings is 2. The number of nitrogens with zero attached hydrogens (tertiary/aromatic N) is 1. The third-order valence-corrected chi connectivity index (χ3v) is 3.76. The molecule has 0 heterocycles. The molecule has 2 heteroatoms. The van der Waals surface area contributed by atoms with E-state index >= 15 is 0 Å². The van der Waals surface area contributed by atoms with Crippen molar-refractivity contribution < 1.29 is 0 Å². The van der Waals surface area contributed by atoms with E-state index in [4.69, 9.17) is 0 Å². The van der Waals surface area contributed by atoms with Gasteiger partial charge in [0.2, 0.25) is 0 Å². The van der Waals surface area contributed by atoms with Crippen molar-refractivity contribution in [1.29, 1.82) is 0 Å². The fourth-order valence-electron chi connectivity index (χ4n) is 2.65. The van der Waals surface area contributed by atoms with E-state index in [2.05, 4.69) is 86.7 Å². The highest BCUT2D eigenvalue weighted by Gasteiger charge is 2.12. The molecule has 0 amide bonds. The second-order valence-electron chi connectivity index (χ2n) is 5.79. The average molecular weight is 282 g/mol. The Bertz CT molecular complexity index is 575. The van der Waals surface area contributed by atoms with Crippen molar-refractivity contribution >= 4 is 5.69 Å². The van der Waals surface area contributed by atoms with Crippen molar-refractivity contribution in [2.24, 2.45) is 0 Å². The lowest BCUT2D eigenvalue weighted by atomic mass is 9.97. The zero-order chi connectivity index (χ0) is 15.2. The predicted molar refractivity (Wildman–Crippen MR) is 92.1 cm³/mol. The van der Waals surface area contributed by atoms with Crippen LogP contribution in [0.3, 0.4) is 0 Å². The maximum atomic E-state index is 3.61. The van der Waals surface area contributed by atoms with Crippen LogP contribution in [0.4, 0.5) is 5.69 Å². The highest BCUT2D eigenvalue weighted by atomic mass is 15.1. The van der Waals surface area contributed by atoms with Gasteiger partial charge in [0.25, 0.3) is 0 Å². The van der Waals surface area contributed by atoms with E-state index in [0.29, 0.717) is 6.04 Å². The second kappa shape index (κ2) is 7.28. The Kier molecular flexibility index (Phi) is 5.40. The molecule has 112 valence electrons. The Labute approximate surface area is 128 Å². The molecule has 1 N–H and O–H groups in total. The van der Waals surface area contributed by atoms with E-state index in [-0.39, 0.29) is 0 Å². The summed E-state index contributed by atoms with van der Waals surface area (Å²) >= 11 is 0. The first kappa shape index (κ1) is 15.6. The van der Waals surface area contributed by atoms with E-state index in [1.54, 1.807) is 0 Å². The topological polar surface area (TPSA) is 15.3 Å². The Morgan fingerprint density at radius 3 is 2.48 bits per heavy atom. The predicted octanol–water partition coefficient (Wildman–Crippen LogP) is 3.95. The molecule has 2 aromatic carbocycles. The van der Waals surface area contributed by atoms with E-state index in [0.717, 1.165) is 13.0 Å². The van der Waals surface area contributed by atoms with Crippen molar-refractivity contribution in [3.63, 3.8) is 0 Å². The lowest BCUT2D eigenvalue weighted by Crippen LogP contribution is -2.23. The van der Waals surface area contributed by atoms with Crippen molar-refractivity contribution in [1.82, 2.24) is 5.32 Å². The highest BCUT2D eigenvalue weighted by molar-refractivity contribution is 5.48. The van der Waals surface area contributed by atoms with Crippen LogP contribution in [0.25, 0.3) is 0 Å². The lowest BCUT2D eigenvalue weighted by molar-refractivity contribution is 0.550. The van der Waals surface area contributed by atoms with Crippen LogP contribution in [0, 0.1) is 6.92 Å². The fraction of sp³-hybridized carbons (Fsp3) is 0.368. The van der Waals surface area contributed by atoms with Crippen molar-refractivity contribution in [3.8, 4) is 0 Å². The molecule has 2 nitrogen and oxygen atoms in total. The first-order valence-electron chi connectivity index (χ1n) is 7.66. The van der Waals surface area contributed by atoms with Gasteiger partial charge in [-0.3, -0.25) is 0 Å². The minimum Gasteiger partial charge on any atom is -0.378 e. The molecule has 2 aromatic rings. The van der Waals surface area contributed by atoms with Gasteiger partial charge in [-0.15, -0.1) is 0 Å². The van der Waals surface area contributed by atoms with Gasteiger partial charge in [0.15, 0.2) is 0 Å². The van der Waals surface area contributed by atoms with E-state index < -0.39 is 0 Å². The average Bonchev–Trinajstić information content (AvgIpc) is 2.47. The molecule has 0 aliphatic rings. The zero-order valence-corrected chi connectivity index (χ0v) is 13.6. The molecule has 0 aliphatic heterocycles. The Morgan fingerprint density at radius 2 is 1.81 bits per heavy atom. The van der Waals surface area contributed by atoms with E-state index in [1.807, 2.05) is 0 Å². The molecule has 0 saturated carbocycles. The fourth-order valence-corrected chi connectivity index (χ4v) is 2.65. The van der Waals surface area contributed by atoms with Crippen LogP contribution in [0.15, 0.2) is 48.5 Å². The SMILES string of the molecule is CCNC(Cc1cccc(C)c1)c1cccc(N(C)C)c1. The van der Waals surface area contributed by atoms with E-state index in [1.165, 1.54) is 22.4 Å². The van der Waals surface area contributed by atoms with Crippen LogP contribution in [0.5, 0.6) is 0 Å². The Hall–Kier alpha value is -1.80. The normalized spacial score (nSPS) is 12.2. The van der Waals surface area contributed by atoms with Gasteiger partial charge in [0, 0.05) is 25.8 Å². The van der Waals surface area contributed by atoms with Gasteiger partial charge in [-0.25, -0.2) is 0 Å². The quantitative estimate of drug-likeness (QED) is 0.863. The summed E-state index contributed by atoms with van der Waals surface area (Å²) in [6.45, 7) is 5.29. The molecule has 0 bridgehead atoms. The summed E-state index contributed by atoms with van der Waals surface area (Å²) in [4.78, 5) is 2.15. The molecule has 0 fully saturated rings. The van der Waals surface area contributed by atoms with Gasteiger partial charge in [0.05, 0.1) is 0 Å². The molecule has 1 atom stereocenters. The maximum Gasteiger partial charge on any atom is 0.0364 e. The minimum atomic E-state index is 0.358. The monoisotopic (exact) mass is 282 g/mol. The highest BCUT2D eigenvalue weighted by Crippen LogP contribution is 2.23. The van der Waals surface area contributed by atoms with Crippen LogP contribution in [0.1, 0.15) is 29.7 Å². The summed E-state index contributed by atoms with van der Waals surface area (Å²) in [5.41, 5.74) is 5.31.